The monoisotopic (exact) mass is 311 g/mol. The summed E-state index contributed by atoms with van der Waals surface area (Å²) in [6.45, 7) is 4.00. The van der Waals surface area contributed by atoms with E-state index < -0.39 is 0 Å². The fourth-order valence-electron chi connectivity index (χ4n) is 2.31. The maximum Gasteiger partial charge on any atom is 0.320 e. The number of benzene rings is 1. The highest BCUT2D eigenvalue weighted by Crippen LogP contribution is 2.32. The van der Waals surface area contributed by atoms with Crippen molar-refractivity contribution in [3.05, 3.63) is 33.8 Å². The summed E-state index contributed by atoms with van der Waals surface area (Å²) in [7, 11) is 0. The molecule has 0 amide bonds. The zero-order valence-electron chi connectivity index (χ0n) is 10.7. The number of ether oxygens (including phenoxy) is 1. The van der Waals surface area contributed by atoms with Crippen LogP contribution in [0.5, 0.6) is 0 Å². The first-order valence-electron chi connectivity index (χ1n) is 6.27. The predicted molar refractivity (Wildman–Crippen MR) is 74.4 cm³/mol. The largest absolute Gasteiger partial charge is 0.462 e. The number of esters is 1. The Morgan fingerprint density at radius 2 is 2.33 bits per heavy atom. The van der Waals surface area contributed by atoms with Crippen LogP contribution in [0.4, 0.5) is 0 Å². The van der Waals surface area contributed by atoms with Gasteiger partial charge in [0.1, 0.15) is 0 Å². The van der Waals surface area contributed by atoms with E-state index in [0.29, 0.717) is 0 Å². The maximum absolute atomic E-state index is 11.5. The molecule has 0 saturated carbocycles. The first kappa shape index (κ1) is 13.6. The third kappa shape index (κ3) is 3.33. The lowest BCUT2D eigenvalue weighted by Gasteiger charge is -2.14. The summed E-state index contributed by atoms with van der Waals surface area (Å²) in [5, 5.41) is 3.27. The summed E-state index contributed by atoms with van der Waals surface area (Å²) in [6, 6.07) is 6.60. The first-order chi connectivity index (χ1) is 8.56. The molecule has 4 heteroatoms. The number of carbonyl (C=O) groups excluding carboxylic acids is 1. The number of rotatable bonds is 4. The molecule has 1 aromatic carbocycles. The summed E-state index contributed by atoms with van der Waals surface area (Å²) in [6.07, 6.45) is 2.05. The molecule has 1 atom stereocenters. The molecule has 0 spiro atoms. The van der Waals surface area contributed by atoms with Crippen LogP contribution in [0.15, 0.2) is 22.7 Å². The number of carbonyl (C=O) groups is 1. The van der Waals surface area contributed by atoms with Gasteiger partial charge in [-0.25, -0.2) is 0 Å². The van der Waals surface area contributed by atoms with Gasteiger partial charge in [-0.1, -0.05) is 22.0 Å². The van der Waals surface area contributed by atoms with Crippen molar-refractivity contribution in [3.63, 3.8) is 0 Å². The molecule has 0 aromatic heterocycles. The Balaban J connectivity index is 1.92. The molecule has 1 aliphatic carbocycles. The van der Waals surface area contributed by atoms with Gasteiger partial charge in [0.25, 0.3) is 0 Å². The van der Waals surface area contributed by atoms with E-state index in [-0.39, 0.29) is 24.7 Å². The minimum Gasteiger partial charge on any atom is -0.462 e. The van der Waals surface area contributed by atoms with E-state index in [1.54, 1.807) is 0 Å². The number of nitrogens with one attached hydrogen (secondary N) is 1. The summed E-state index contributed by atoms with van der Waals surface area (Å²) in [5.41, 5.74) is 2.66. The fourth-order valence-corrected chi connectivity index (χ4v) is 2.72. The summed E-state index contributed by atoms with van der Waals surface area (Å²) >= 11 is 3.48. The van der Waals surface area contributed by atoms with Crippen LogP contribution in [-0.2, 0) is 16.0 Å². The molecule has 3 nitrogen and oxygen atoms in total. The highest BCUT2D eigenvalue weighted by atomic mass is 79.9. The van der Waals surface area contributed by atoms with Crippen LogP contribution >= 0.6 is 15.9 Å². The van der Waals surface area contributed by atoms with Crippen molar-refractivity contribution in [1.82, 2.24) is 5.32 Å². The Morgan fingerprint density at radius 1 is 1.56 bits per heavy atom. The van der Waals surface area contributed by atoms with Crippen molar-refractivity contribution in [3.8, 4) is 0 Å². The number of fused-ring (bicyclic) bond motifs is 1. The minimum absolute atomic E-state index is 0.0499. The van der Waals surface area contributed by atoms with Crippen LogP contribution in [0.3, 0.4) is 0 Å². The molecule has 0 bridgehead atoms. The lowest BCUT2D eigenvalue weighted by Crippen LogP contribution is -2.29. The summed E-state index contributed by atoms with van der Waals surface area (Å²) in [5.74, 6) is -0.185. The van der Waals surface area contributed by atoms with Gasteiger partial charge in [0, 0.05) is 10.5 Å². The molecule has 0 heterocycles. The molecular formula is C14H18BrNO2. The summed E-state index contributed by atoms with van der Waals surface area (Å²) < 4.78 is 6.22. The molecule has 1 N–H and O–H groups in total. The van der Waals surface area contributed by atoms with Crippen molar-refractivity contribution >= 4 is 21.9 Å². The molecule has 98 valence electrons. The van der Waals surface area contributed by atoms with Gasteiger partial charge in [-0.05, 0) is 49.9 Å². The Bertz CT molecular complexity index is 445. The molecule has 0 radical (unpaired) electrons. The molecule has 1 aromatic rings. The minimum atomic E-state index is -0.185. The van der Waals surface area contributed by atoms with E-state index in [4.69, 9.17) is 4.74 Å². The Kier molecular flexibility index (Phi) is 4.40. The quantitative estimate of drug-likeness (QED) is 0.869. The highest BCUT2D eigenvalue weighted by Gasteiger charge is 2.22. The highest BCUT2D eigenvalue weighted by molar-refractivity contribution is 9.10. The van der Waals surface area contributed by atoms with Gasteiger partial charge in [0.15, 0.2) is 0 Å². The van der Waals surface area contributed by atoms with Crippen LogP contribution in [0.25, 0.3) is 0 Å². The van der Waals surface area contributed by atoms with E-state index in [9.17, 15) is 4.79 Å². The van der Waals surface area contributed by atoms with E-state index in [0.717, 1.165) is 17.3 Å². The molecule has 0 saturated heterocycles. The number of hydrogen-bond donors (Lipinski definition) is 1. The Labute approximate surface area is 116 Å². The van der Waals surface area contributed by atoms with Crippen LogP contribution < -0.4 is 5.32 Å². The molecule has 18 heavy (non-hydrogen) atoms. The number of hydrogen-bond acceptors (Lipinski definition) is 3. The maximum atomic E-state index is 11.5. The second-order valence-corrected chi connectivity index (χ2v) is 5.77. The van der Waals surface area contributed by atoms with E-state index in [1.807, 2.05) is 19.9 Å². The molecule has 0 fully saturated rings. The van der Waals surface area contributed by atoms with Crippen molar-refractivity contribution in [2.45, 2.75) is 38.8 Å². The Morgan fingerprint density at radius 3 is 3.06 bits per heavy atom. The predicted octanol–water partition coefficient (Wildman–Crippen LogP) is 2.98. The van der Waals surface area contributed by atoms with Gasteiger partial charge in [0.05, 0.1) is 12.6 Å². The molecule has 1 aliphatic rings. The van der Waals surface area contributed by atoms with Crippen molar-refractivity contribution in [2.75, 3.05) is 6.54 Å². The van der Waals surface area contributed by atoms with E-state index in [1.165, 1.54) is 11.1 Å². The van der Waals surface area contributed by atoms with Gasteiger partial charge in [-0.3, -0.25) is 4.79 Å². The van der Waals surface area contributed by atoms with Gasteiger partial charge < -0.3 is 10.1 Å². The smallest absolute Gasteiger partial charge is 0.320 e. The van der Waals surface area contributed by atoms with Crippen LogP contribution in [-0.4, -0.2) is 18.6 Å². The van der Waals surface area contributed by atoms with Crippen molar-refractivity contribution in [2.24, 2.45) is 0 Å². The van der Waals surface area contributed by atoms with E-state index >= 15 is 0 Å². The lowest BCUT2D eigenvalue weighted by molar-refractivity contribution is -0.146. The second kappa shape index (κ2) is 5.85. The fraction of sp³-hybridized carbons (Fsp3) is 0.500. The zero-order valence-corrected chi connectivity index (χ0v) is 12.3. The van der Waals surface area contributed by atoms with Crippen LogP contribution in [0.1, 0.15) is 37.4 Å². The molecule has 1 unspecified atom stereocenters. The standard InChI is InChI=1S/C14H18BrNO2/c1-9(2)18-14(17)8-16-13-6-3-10-7-11(15)4-5-12(10)13/h4-5,7,9,13,16H,3,6,8H2,1-2H3. The van der Waals surface area contributed by atoms with Gasteiger partial charge in [0.2, 0.25) is 0 Å². The number of halogens is 1. The average molecular weight is 312 g/mol. The van der Waals surface area contributed by atoms with Gasteiger partial charge in [-0.2, -0.15) is 0 Å². The van der Waals surface area contributed by atoms with Gasteiger partial charge >= 0.3 is 5.97 Å². The third-order valence-corrected chi connectivity index (χ3v) is 3.54. The van der Waals surface area contributed by atoms with Crippen molar-refractivity contribution < 1.29 is 9.53 Å². The first-order valence-corrected chi connectivity index (χ1v) is 7.06. The van der Waals surface area contributed by atoms with Crippen molar-refractivity contribution in [1.29, 1.82) is 0 Å². The van der Waals surface area contributed by atoms with Gasteiger partial charge in [-0.15, -0.1) is 0 Å². The molecular weight excluding hydrogens is 294 g/mol. The molecule has 2 rings (SSSR count). The van der Waals surface area contributed by atoms with Crippen LogP contribution in [0.2, 0.25) is 0 Å². The summed E-state index contributed by atoms with van der Waals surface area (Å²) in [4.78, 5) is 11.5. The second-order valence-electron chi connectivity index (χ2n) is 4.85. The zero-order chi connectivity index (χ0) is 13.1. The topological polar surface area (TPSA) is 38.3 Å². The lowest BCUT2D eigenvalue weighted by atomic mass is 10.1. The van der Waals surface area contributed by atoms with Crippen LogP contribution in [0, 0.1) is 0 Å². The SMILES string of the molecule is CC(C)OC(=O)CNC1CCc2cc(Br)ccc21. The molecule has 0 aliphatic heterocycles. The Hall–Kier alpha value is -0.870. The average Bonchev–Trinajstić information content (AvgIpc) is 2.67. The third-order valence-electron chi connectivity index (χ3n) is 3.04. The number of aryl methyl sites for hydroxylation is 1. The van der Waals surface area contributed by atoms with E-state index in [2.05, 4.69) is 33.4 Å². The normalized spacial score (nSPS) is 17.9.